The van der Waals surface area contributed by atoms with Crippen LogP contribution in [-0.4, -0.2) is 47.7 Å². The van der Waals surface area contributed by atoms with Crippen molar-refractivity contribution in [1.29, 1.82) is 0 Å². The highest BCUT2D eigenvalue weighted by Gasteiger charge is 2.15. The second-order valence-corrected chi connectivity index (χ2v) is 7.86. The van der Waals surface area contributed by atoms with Crippen molar-refractivity contribution in [3.63, 3.8) is 0 Å². The van der Waals surface area contributed by atoms with Crippen LogP contribution < -0.4 is 15.4 Å². The number of nitrogens with one attached hydrogen (secondary N) is 2. The Kier molecular flexibility index (Phi) is 7.71. The molecule has 0 aliphatic carbocycles. The fourth-order valence-electron chi connectivity index (χ4n) is 3.34. The lowest BCUT2D eigenvalue weighted by Crippen LogP contribution is -2.31. The van der Waals surface area contributed by atoms with Crippen LogP contribution in [0.5, 0.6) is 5.75 Å². The zero-order valence-corrected chi connectivity index (χ0v) is 16.9. The number of hydrogen-bond donors (Lipinski definition) is 2. The Bertz CT molecular complexity index is 699. The number of amidine groups is 1. The number of benzene rings is 1. The van der Waals surface area contributed by atoms with Gasteiger partial charge in [0.05, 0.1) is 17.7 Å². The van der Waals surface area contributed by atoms with Gasteiger partial charge in [-0.15, -0.1) is 0 Å². The number of ether oxygens (including phenoxy) is 1. The second-order valence-electron chi connectivity index (χ2n) is 6.89. The van der Waals surface area contributed by atoms with Gasteiger partial charge in [0.2, 0.25) is 0 Å². The Morgan fingerprint density at radius 1 is 1.22 bits per heavy atom. The highest BCUT2D eigenvalue weighted by molar-refractivity contribution is 7.87. The fourth-order valence-corrected chi connectivity index (χ4v) is 4.14. The summed E-state index contributed by atoms with van der Waals surface area (Å²) in [6.45, 7) is 7.56. The Labute approximate surface area is 164 Å². The van der Waals surface area contributed by atoms with E-state index in [2.05, 4.69) is 38.1 Å². The third kappa shape index (κ3) is 6.36. The lowest BCUT2D eigenvalue weighted by Gasteiger charge is -2.26. The molecule has 0 radical (unpaired) electrons. The molecule has 6 nitrogen and oxygen atoms in total. The summed E-state index contributed by atoms with van der Waals surface area (Å²) in [6, 6.07) is 8.42. The van der Waals surface area contributed by atoms with Crippen LogP contribution in [0.15, 0.2) is 39.8 Å². The van der Waals surface area contributed by atoms with Crippen molar-refractivity contribution in [2.75, 3.05) is 32.8 Å². The molecule has 2 aliphatic heterocycles. The van der Waals surface area contributed by atoms with Crippen molar-refractivity contribution >= 4 is 16.8 Å². The second kappa shape index (κ2) is 10.5. The molecule has 3 rings (SSSR count). The fraction of sp³-hybridized carbons (Fsp3) is 0.550. The van der Waals surface area contributed by atoms with Crippen LogP contribution >= 0.6 is 0 Å². The molecule has 1 saturated heterocycles. The van der Waals surface area contributed by atoms with E-state index in [1.54, 1.807) is 5.41 Å². The minimum Gasteiger partial charge on any atom is -0.494 e. The van der Waals surface area contributed by atoms with Crippen LogP contribution in [0, 0.1) is 0 Å². The van der Waals surface area contributed by atoms with Gasteiger partial charge in [0.15, 0.2) is 16.8 Å². The number of rotatable bonds is 9. The third-order valence-electron chi connectivity index (χ3n) is 4.66. The Balaban J connectivity index is 1.38. The van der Waals surface area contributed by atoms with Gasteiger partial charge in [-0.1, -0.05) is 18.6 Å². The quantitative estimate of drug-likeness (QED) is 0.635. The number of likely N-dealkylation sites (N-methyl/N-ethyl adjacent to an activating group) is 1. The van der Waals surface area contributed by atoms with Gasteiger partial charge in [-0.25, -0.2) is 4.21 Å². The standard InChI is InChI=1S/C20H30N4O2S/c1-2-21-19-16-27(25)23-20(19)22-10-7-13-26-18-9-6-8-17(14-18)15-24-11-4-3-5-12-24/h6,8-9,14,16,21H,2-5,7,10-13,15H2,1H3,(H,22,23). The molecule has 1 atom stereocenters. The average molecular weight is 391 g/mol. The van der Waals surface area contributed by atoms with Crippen molar-refractivity contribution in [3.8, 4) is 5.75 Å². The molecule has 0 bridgehead atoms. The van der Waals surface area contributed by atoms with Crippen molar-refractivity contribution < 1.29 is 8.95 Å². The van der Waals surface area contributed by atoms with Crippen LogP contribution in [0.3, 0.4) is 0 Å². The van der Waals surface area contributed by atoms with E-state index in [0.717, 1.165) is 37.5 Å². The van der Waals surface area contributed by atoms with E-state index >= 15 is 0 Å². The molecule has 27 heavy (non-hydrogen) atoms. The zero-order valence-electron chi connectivity index (χ0n) is 16.1. The van der Waals surface area contributed by atoms with Crippen molar-refractivity contribution in [3.05, 3.63) is 40.9 Å². The van der Waals surface area contributed by atoms with E-state index in [4.69, 9.17) is 4.74 Å². The highest BCUT2D eigenvalue weighted by atomic mass is 32.2. The van der Waals surface area contributed by atoms with Gasteiger partial charge >= 0.3 is 0 Å². The number of piperidine rings is 1. The molecule has 2 aliphatic rings. The van der Waals surface area contributed by atoms with E-state index in [9.17, 15) is 4.21 Å². The van der Waals surface area contributed by atoms with Gasteiger partial charge in [0.1, 0.15) is 5.75 Å². The molecule has 0 aromatic heterocycles. The molecule has 1 aromatic carbocycles. The van der Waals surface area contributed by atoms with Crippen LogP contribution in [-0.2, 0) is 17.5 Å². The molecule has 1 fully saturated rings. The summed E-state index contributed by atoms with van der Waals surface area (Å²) in [6.07, 6.45) is 4.84. The Morgan fingerprint density at radius 2 is 2.07 bits per heavy atom. The maximum Gasteiger partial charge on any atom is 0.169 e. The van der Waals surface area contributed by atoms with Crippen molar-refractivity contribution in [2.24, 2.45) is 4.40 Å². The van der Waals surface area contributed by atoms with Crippen molar-refractivity contribution in [1.82, 2.24) is 15.5 Å². The van der Waals surface area contributed by atoms with Crippen molar-refractivity contribution in [2.45, 2.75) is 39.2 Å². The maximum atomic E-state index is 11.5. The molecule has 2 heterocycles. The summed E-state index contributed by atoms with van der Waals surface area (Å²) in [7, 11) is -1.26. The summed E-state index contributed by atoms with van der Waals surface area (Å²) in [5.74, 6) is 1.61. The topological polar surface area (TPSA) is 66.0 Å². The molecular weight excluding hydrogens is 360 g/mol. The molecule has 1 unspecified atom stereocenters. The van der Waals surface area contributed by atoms with Gasteiger partial charge in [0.25, 0.3) is 0 Å². The van der Waals surface area contributed by atoms with Gasteiger partial charge in [-0.05, 0) is 57.0 Å². The molecule has 1 aromatic rings. The normalized spacial score (nSPS) is 20.1. The van der Waals surface area contributed by atoms with Gasteiger partial charge in [0, 0.05) is 19.6 Å². The minimum atomic E-state index is -1.26. The van der Waals surface area contributed by atoms with Gasteiger partial charge < -0.3 is 15.4 Å². The van der Waals surface area contributed by atoms with Crippen LogP contribution in [0.4, 0.5) is 0 Å². The number of hydrogen-bond acceptors (Lipinski definition) is 5. The lowest BCUT2D eigenvalue weighted by atomic mass is 10.1. The number of nitrogens with zero attached hydrogens (tertiary/aromatic N) is 2. The van der Waals surface area contributed by atoms with Gasteiger partial charge in [-0.3, -0.25) is 4.90 Å². The summed E-state index contributed by atoms with van der Waals surface area (Å²) in [5.41, 5.74) is 2.14. The summed E-state index contributed by atoms with van der Waals surface area (Å²) >= 11 is 0. The third-order valence-corrected chi connectivity index (χ3v) is 5.46. The highest BCUT2D eigenvalue weighted by Crippen LogP contribution is 2.17. The first-order chi connectivity index (χ1) is 13.2. The molecule has 0 saturated carbocycles. The first kappa shape index (κ1) is 19.9. The minimum absolute atomic E-state index is 0.636. The first-order valence-electron chi connectivity index (χ1n) is 9.88. The van der Waals surface area contributed by atoms with E-state index in [1.165, 1.54) is 37.9 Å². The summed E-state index contributed by atoms with van der Waals surface area (Å²) < 4.78 is 21.5. The smallest absolute Gasteiger partial charge is 0.169 e. The first-order valence-corrected chi connectivity index (χ1v) is 11.0. The molecule has 7 heteroatoms. The summed E-state index contributed by atoms with van der Waals surface area (Å²) in [5, 5.41) is 8.04. The molecule has 148 valence electrons. The Hall–Kier alpha value is -1.86. The average Bonchev–Trinajstić information content (AvgIpc) is 3.02. The molecular formula is C20H30N4O2S. The predicted octanol–water partition coefficient (Wildman–Crippen LogP) is 2.56. The molecule has 0 amide bonds. The Morgan fingerprint density at radius 3 is 2.89 bits per heavy atom. The maximum absolute atomic E-state index is 11.5. The summed E-state index contributed by atoms with van der Waals surface area (Å²) in [4.78, 5) is 2.52. The van der Waals surface area contributed by atoms with E-state index in [-0.39, 0.29) is 0 Å². The van der Waals surface area contributed by atoms with E-state index in [0.29, 0.717) is 12.4 Å². The SMILES string of the molecule is CCNC1=CS(=O)N=C1NCCCOc1cccc(CN2CCCCC2)c1. The molecule has 2 N–H and O–H groups in total. The lowest BCUT2D eigenvalue weighted by molar-refractivity contribution is 0.220. The van der Waals surface area contributed by atoms with E-state index < -0.39 is 11.0 Å². The monoisotopic (exact) mass is 390 g/mol. The van der Waals surface area contributed by atoms with Crippen LogP contribution in [0.1, 0.15) is 38.2 Å². The van der Waals surface area contributed by atoms with Gasteiger partial charge in [-0.2, -0.15) is 4.40 Å². The van der Waals surface area contributed by atoms with Crippen LogP contribution in [0.2, 0.25) is 0 Å². The van der Waals surface area contributed by atoms with E-state index in [1.807, 2.05) is 13.0 Å². The van der Waals surface area contributed by atoms with Crippen LogP contribution in [0.25, 0.3) is 0 Å². The number of likely N-dealkylation sites (tertiary alicyclic amines) is 1. The molecule has 0 spiro atoms. The predicted molar refractivity (Wildman–Crippen MR) is 111 cm³/mol. The largest absolute Gasteiger partial charge is 0.494 e. The zero-order chi connectivity index (χ0) is 18.9.